The molecule has 0 saturated carbocycles. The van der Waals surface area contributed by atoms with Crippen LogP contribution in [0.2, 0.25) is 0 Å². The summed E-state index contributed by atoms with van der Waals surface area (Å²) in [4.78, 5) is 2.24. The Morgan fingerprint density at radius 2 is 1.72 bits per heavy atom. The fourth-order valence-corrected chi connectivity index (χ4v) is 2.17. The molecule has 0 amide bonds. The highest BCUT2D eigenvalue weighted by Gasteiger charge is 2.07. The van der Waals surface area contributed by atoms with Gasteiger partial charge in [0.2, 0.25) is 0 Å². The standard InChI is InChI=1S/C16H20N2/c1-12-6-4-5-7-14(12)11-18(3)16-10-15(17)9-8-13(16)2/h4-10H,11,17H2,1-3H3. The van der Waals surface area contributed by atoms with E-state index in [1.807, 2.05) is 12.1 Å². The van der Waals surface area contributed by atoms with E-state index in [2.05, 4.69) is 56.1 Å². The topological polar surface area (TPSA) is 29.3 Å². The Morgan fingerprint density at radius 1 is 1.00 bits per heavy atom. The molecule has 2 nitrogen and oxygen atoms in total. The predicted molar refractivity (Wildman–Crippen MR) is 78.9 cm³/mol. The van der Waals surface area contributed by atoms with E-state index in [0.29, 0.717) is 0 Å². The van der Waals surface area contributed by atoms with E-state index in [9.17, 15) is 0 Å². The average molecular weight is 240 g/mol. The third-order valence-electron chi connectivity index (χ3n) is 3.31. The molecular formula is C16H20N2. The van der Waals surface area contributed by atoms with Gasteiger partial charge in [-0.1, -0.05) is 30.3 Å². The maximum absolute atomic E-state index is 5.86. The van der Waals surface area contributed by atoms with E-state index in [0.717, 1.165) is 12.2 Å². The number of anilines is 2. The van der Waals surface area contributed by atoms with Crippen LogP contribution in [0.25, 0.3) is 0 Å². The first kappa shape index (κ1) is 12.5. The van der Waals surface area contributed by atoms with E-state index >= 15 is 0 Å². The lowest BCUT2D eigenvalue weighted by molar-refractivity contribution is 0.909. The van der Waals surface area contributed by atoms with Gasteiger partial charge in [0.05, 0.1) is 0 Å². The van der Waals surface area contributed by atoms with Crippen LogP contribution in [0.5, 0.6) is 0 Å². The highest BCUT2D eigenvalue weighted by atomic mass is 15.1. The molecule has 2 aromatic carbocycles. The van der Waals surface area contributed by atoms with Gasteiger partial charge in [0.1, 0.15) is 0 Å². The van der Waals surface area contributed by atoms with Crippen LogP contribution < -0.4 is 10.6 Å². The molecular weight excluding hydrogens is 220 g/mol. The molecule has 0 bridgehead atoms. The molecule has 0 unspecified atom stereocenters. The Balaban J connectivity index is 2.25. The number of hydrogen-bond donors (Lipinski definition) is 1. The lowest BCUT2D eigenvalue weighted by Gasteiger charge is -2.23. The molecule has 94 valence electrons. The zero-order valence-corrected chi connectivity index (χ0v) is 11.3. The van der Waals surface area contributed by atoms with Gasteiger partial charge in [0, 0.05) is 25.0 Å². The number of nitrogens with zero attached hydrogens (tertiary/aromatic N) is 1. The fourth-order valence-electron chi connectivity index (χ4n) is 2.17. The Labute approximate surface area is 109 Å². The van der Waals surface area contributed by atoms with Crippen molar-refractivity contribution in [2.24, 2.45) is 0 Å². The van der Waals surface area contributed by atoms with Crippen LogP contribution in [-0.2, 0) is 6.54 Å². The first-order valence-corrected chi connectivity index (χ1v) is 6.19. The summed E-state index contributed by atoms with van der Waals surface area (Å²) in [7, 11) is 2.11. The van der Waals surface area contributed by atoms with Crippen molar-refractivity contribution in [1.82, 2.24) is 0 Å². The second-order valence-electron chi connectivity index (χ2n) is 4.83. The zero-order valence-electron chi connectivity index (χ0n) is 11.3. The molecule has 0 aliphatic rings. The third kappa shape index (κ3) is 2.65. The predicted octanol–water partition coefficient (Wildman–Crippen LogP) is 3.52. The van der Waals surface area contributed by atoms with Crippen LogP contribution in [0.4, 0.5) is 11.4 Å². The lowest BCUT2D eigenvalue weighted by Crippen LogP contribution is -2.18. The molecule has 0 spiro atoms. The molecule has 0 heterocycles. The van der Waals surface area contributed by atoms with Crippen LogP contribution in [0.1, 0.15) is 16.7 Å². The molecule has 0 aromatic heterocycles. The minimum absolute atomic E-state index is 0.812. The lowest BCUT2D eigenvalue weighted by atomic mass is 10.1. The van der Waals surface area contributed by atoms with Gasteiger partial charge < -0.3 is 10.6 Å². The monoisotopic (exact) mass is 240 g/mol. The summed E-state index contributed by atoms with van der Waals surface area (Å²) in [6.45, 7) is 5.16. The Morgan fingerprint density at radius 3 is 2.44 bits per heavy atom. The van der Waals surface area contributed by atoms with Crippen molar-refractivity contribution in [2.45, 2.75) is 20.4 Å². The van der Waals surface area contributed by atoms with Crippen molar-refractivity contribution in [2.75, 3.05) is 17.7 Å². The van der Waals surface area contributed by atoms with Crippen molar-refractivity contribution in [3.05, 3.63) is 59.2 Å². The van der Waals surface area contributed by atoms with Gasteiger partial charge in [-0.05, 0) is 42.7 Å². The van der Waals surface area contributed by atoms with E-state index in [-0.39, 0.29) is 0 Å². The van der Waals surface area contributed by atoms with Crippen LogP contribution >= 0.6 is 0 Å². The Hall–Kier alpha value is -1.96. The first-order valence-electron chi connectivity index (χ1n) is 6.19. The third-order valence-corrected chi connectivity index (χ3v) is 3.31. The number of nitrogen functional groups attached to an aromatic ring is 1. The van der Waals surface area contributed by atoms with Gasteiger partial charge in [0.15, 0.2) is 0 Å². The number of hydrogen-bond acceptors (Lipinski definition) is 2. The summed E-state index contributed by atoms with van der Waals surface area (Å²) in [6, 6.07) is 14.5. The normalized spacial score (nSPS) is 10.4. The minimum Gasteiger partial charge on any atom is -0.399 e. The van der Waals surface area contributed by atoms with Crippen molar-refractivity contribution >= 4 is 11.4 Å². The quantitative estimate of drug-likeness (QED) is 0.832. The molecule has 18 heavy (non-hydrogen) atoms. The second kappa shape index (κ2) is 5.13. The Kier molecular flexibility index (Phi) is 3.56. The van der Waals surface area contributed by atoms with Crippen molar-refractivity contribution in [1.29, 1.82) is 0 Å². The van der Waals surface area contributed by atoms with Crippen LogP contribution in [0, 0.1) is 13.8 Å². The van der Waals surface area contributed by atoms with E-state index in [1.165, 1.54) is 22.4 Å². The highest BCUT2D eigenvalue weighted by Crippen LogP contribution is 2.23. The van der Waals surface area contributed by atoms with Gasteiger partial charge in [-0.25, -0.2) is 0 Å². The number of rotatable bonds is 3. The van der Waals surface area contributed by atoms with Crippen molar-refractivity contribution < 1.29 is 0 Å². The maximum Gasteiger partial charge on any atom is 0.0428 e. The summed E-state index contributed by atoms with van der Waals surface area (Å²) >= 11 is 0. The highest BCUT2D eigenvalue weighted by molar-refractivity contribution is 5.60. The van der Waals surface area contributed by atoms with Gasteiger partial charge in [-0.15, -0.1) is 0 Å². The van der Waals surface area contributed by atoms with Gasteiger partial charge in [-0.2, -0.15) is 0 Å². The maximum atomic E-state index is 5.86. The molecule has 2 N–H and O–H groups in total. The molecule has 0 fully saturated rings. The largest absolute Gasteiger partial charge is 0.399 e. The minimum atomic E-state index is 0.812. The van der Waals surface area contributed by atoms with Gasteiger partial charge in [-0.3, -0.25) is 0 Å². The van der Waals surface area contributed by atoms with Crippen LogP contribution in [0.15, 0.2) is 42.5 Å². The summed E-state index contributed by atoms with van der Waals surface area (Å²) in [5.41, 5.74) is 11.8. The molecule has 0 aliphatic heterocycles. The molecule has 0 aliphatic carbocycles. The summed E-state index contributed by atoms with van der Waals surface area (Å²) in [5, 5.41) is 0. The number of nitrogens with two attached hydrogens (primary N) is 1. The van der Waals surface area contributed by atoms with E-state index in [1.54, 1.807) is 0 Å². The molecule has 0 saturated heterocycles. The van der Waals surface area contributed by atoms with Gasteiger partial charge in [0.25, 0.3) is 0 Å². The zero-order chi connectivity index (χ0) is 13.1. The smallest absolute Gasteiger partial charge is 0.0428 e. The molecule has 2 aromatic rings. The summed E-state index contributed by atoms with van der Waals surface area (Å²) < 4.78 is 0. The molecule has 2 rings (SSSR count). The van der Waals surface area contributed by atoms with Crippen LogP contribution in [-0.4, -0.2) is 7.05 Å². The number of benzene rings is 2. The SMILES string of the molecule is Cc1ccccc1CN(C)c1cc(N)ccc1C. The number of aryl methyl sites for hydroxylation is 2. The molecule has 0 radical (unpaired) electrons. The Bertz CT molecular complexity index is 547. The fraction of sp³-hybridized carbons (Fsp3) is 0.250. The van der Waals surface area contributed by atoms with E-state index in [4.69, 9.17) is 5.73 Å². The average Bonchev–Trinajstić information content (AvgIpc) is 2.35. The molecule has 0 atom stereocenters. The summed E-state index contributed by atoms with van der Waals surface area (Å²) in [6.07, 6.45) is 0. The second-order valence-corrected chi connectivity index (χ2v) is 4.83. The first-order chi connectivity index (χ1) is 8.58. The van der Waals surface area contributed by atoms with Crippen molar-refractivity contribution in [3.8, 4) is 0 Å². The van der Waals surface area contributed by atoms with Crippen LogP contribution in [0.3, 0.4) is 0 Å². The van der Waals surface area contributed by atoms with Crippen molar-refractivity contribution in [3.63, 3.8) is 0 Å². The molecule has 2 heteroatoms. The van der Waals surface area contributed by atoms with E-state index < -0.39 is 0 Å². The summed E-state index contributed by atoms with van der Waals surface area (Å²) in [5.74, 6) is 0. The van der Waals surface area contributed by atoms with Gasteiger partial charge >= 0.3 is 0 Å².